The molecule has 0 aliphatic heterocycles. The summed E-state index contributed by atoms with van der Waals surface area (Å²) in [6.07, 6.45) is 1.20. The summed E-state index contributed by atoms with van der Waals surface area (Å²) in [5.41, 5.74) is -0.105. The van der Waals surface area contributed by atoms with Crippen molar-refractivity contribution in [3.63, 3.8) is 0 Å². The molecule has 21 heavy (non-hydrogen) atoms. The molecule has 2 heterocycles. The Balaban J connectivity index is 2.33. The second kappa shape index (κ2) is 4.78. The first-order valence-electron chi connectivity index (χ1n) is 5.71. The maximum Gasteiger partial charge on any atom is 0.337 e. The van der Waals surface area contributed by atoms with Gasteiger partial charge in [0, 0.05) is 6.20 Å². The van der Waals surface area contributed by atoms with Crippen molar-refractivity contribution in [3.05, 3.63) is 52.7 Å². The van der Waals surface area contributed by atoms with Crippen molar-refractivity contribution in [1.29, 1.82) is 0 Å². The first kappa shape index (κ1) is 13.4. The van der Waals surface area contributed by atoms with Crippen LogP contribution in [0.5, 0.6) is 0 Å². The van der Waals surface area contributed by atoms with Crippen LogP contribution in [-0.2, 0) is 0 Å². The highest BCUT2D eigenvalue weighted by atomic mass is 35.5. The third kappa shape index (κ3) is 2.11. The van der Waals surface area contributed by atoms with Crippen LogP contribution >= 0.6 is 11.6 Å². The third-order valence-electron chi connectivity index (χ3n) is 2.90. The Kier molecular flexibility index (Phi) is 3.06. The first-order chi connectivity index (χ1) is 9.99. The summed E-state index contributed by atoms with van der Waals surface area (Å²) in [5.74, 6) is -3.38. The van der Waals surface area contributed by atoms with Crippen LogP contribution < -0.4 is 0 Å². The van der Waals surface area contributed by atoms with Crippen LogP contribution in [0.3, 0.4) is 0 Å². The summed E-state index contributed by atoms with van der Waals surface area (Å²) >= 11 is 5.92. The van der Waals surface area contributed by atoms with E-state index in [9.17, 15) is 13.6 Å². The predicted molar refractivity (Wildman–Crippen MR) is 70.3 cm³/mol. The Labute approximate surface area is 121 Å². The molecule has 106 valence electrons. The van der Waals surface area contributed by atoms with Crippen molar-refractivity contribution in [2.45, 2.75) is 0 Å². The summed E-state index contributed by atoms with van der Waals surface area (Å²) in [7, 11) is 0. The summed E-state index contributed by atoms with van der Waals surface area (Å²) in [5, 5.41) is 16.6. The molecule has 0 radical (unpaired) electrons. The molecule has 0 fully saturated rings. The van der Waals surface area contributed by atoms with Gasteiger partial charge in [0.2, 0.25) is 0 Å². The second-order valence-corrected chi connectivity index (χ2v) is 4.61. The SMILES string of the molecule is O=C(O)c1cc(Cl)c2nnc(-c3cccc(F)c3F)n2c1. The van der Waals surface area contributed by atoms with E-state index >= 15 is 0 Å². The van der Waals surface area contributed by atoms with E-state index in [2.05, 4.69) is 10.2 Å². The number of pyridine rings is 1. The lowest BCUT2D eigenvalue weighted by molar-refractivity contribution is 0.0696. The van der Waals surface area contributed by atoms with Crippen molar-refractivity contribution in [2.75, 3.05) is 0 Å². The number of carboxylic acids is 1. The van der Waals surface area contributed by atoms with E-state index in [0.717, 1.165) is 6.07 Å². The minimum absolute atomic E-state index is 0.0352. The van der Waals surface area contributed by atoms with Gasteiger partial charge in [-0.05, 0) is 18.2 Å². The highest BCUT2D eigenvalue weighted by Gasteiger charge is 2.18. The zero-order valence-electron chi connectivity index (χ0n) is 10.2. The molecular formula is C13H6ClF2N3O2. The maximum atomic E-state index is 13.8. The third-order valence-corrected chi connectivity index (χ3v) is 3.18. The standard InChI is InChI=1S/C13H6ClF2N3O2/c14-8-4-6(13(20)21)5-19-11(17-18-12(8)19)7-2-1-3-9(15)10(7)16/h1-5H,(H,20,21). The van der Waals surface area contributed by atoms with Crippen LogP contribution in [0, 0.1) is 11.6 Å². The first-order valence-corrected chi connectivity index (χ1v) is 6.09. The van der Waals surface area contributed by atoms with Crippen molar-refractivity contribution >= 4 is 23.2 Å². The highest BCUT2D eigenvalue weighted by Crippen LogP contribution is 2.26. The van der Waals surface area contributed by atoms with E-state index < -0.39 is 17.6 Å². The molecular weight excluding hydrogens is 304 g/mol. The van der Waals surface area contributed by atoms with Gasteiger partial charge in [-0.2, -0.15) is 0 Å². The van der Waals surface area contributed by atoms with Crippen LogP contribution in [0.2, 0.25) is 5.02 Å². The normalized spacial score (nSPS) is 11.0. The molecule has 0 aliphatic rings. The van der Waals surface area contributed by atoms with Crippen LogP contribution in [-0.4, -0.2) is 25.7 Å². The Morgan fingerprint density at radius 1 is 1.29 bits per heavy atom. The number of carbonyl (C=O) groups is 1. The van der Waals surface area contributed by atoms with Crippen molar-refractivity contribution < 1.29 is 18.7 Å². The summed E-state index contributed by atoms with van der Waals surface area (Å²) in [6, 6.07) is 4.81. The van der Waals surface area contributed by atoms with Gasteiger partial charge >= 0.3 is 5.97 Å². The molecule has 1 aromatic carbocycles. The van der Waals surface area contributed by atoms with Gasteiger partial charge < -0.3 is 5.11 Å². The molecule has 0 spiro atoms. The van der Waals surface area contributed by atoms with Crippen LogP contribution in [0.1, 0.15) is 10.4 Å². The molecule has 8 heteroatoms. The average Bonchev–Trinajstić information content (AvgIpc) is 2.86. The lowest BCUT2D eigenvalue weighted by Gasteiger charge is -2.04. The number of benzene rings is 1. The fraction of sp³-hybridized carbons (Fsp3) is 0. The fourth-order valence-corrected chi connectivity index (χ4v) is 2.18. The smallest absolute Gasteiger partial charge is 0.337 e. The van der Waals surface area contributed by atoms with Crippen LogP contribution in [0.15, 0.2) is 30.5 Å². The number of carboxylic acid groups (broad SMARTS) is 1. The molecule has 5 nitrogen and oxygen atoms in total. The molecule has 0 amide bonds. The van der Waals surface area contributed by atoms with Gasteiger partial charge in [-0.15, -0.1) is 10.2 Å². The van der Waals surface area contributed by atoms with Gasteiger partial charge in [-0.25, -0.2) is 13.6 Å². The number of hydrogen-bond acceptors (Lipinski definition) is 3. The molecule has 3 rings (SSSR count). The maximum absolute atomic E-state index is 13.8. The molecule has 0 saturated heterocycles. The highest BCUT2D eigenvalue weighted by molar-refractivity contribution is 6.33. The molecule has 0 aliphatic carbocycles. The zero-order valence-corrected chi connectivity index (χ0v) is 11.0. The number of fused-ring (bicyclic) bond motifs is 1. The zero-order chi connectivity index (χ0) is 15.1. The molecule has 0 bridgehead atoms. The Morgan fingerprint density at radius 2 is 2.05 bits per heavy atom. The van der Waals surface area contributed by atoms with Gasteiger partial charge in [0.05, 0.1) is 16.1 Å². The predicted octanol–water partition coefficient (Wildman–Crippen LogP) is 3.03. The van der Waals surface area contributed by atoms with Crippen molar-refractivity contribution in [2.24, 2.45) is 0 Å². The number of rotatable bonds is 2. The van der Waals surface area contributed by atoms with E-state index in [-0.39, 0.29) is 27.6 Å². The number of aromatic carboxylic acids is 1. The van der Waals surface area contributed by atoms with Gasteiger partial charge in [-0.3, -0.25) is 4.40 Å². The average molecular weight is 310 g/mol. The fourth-order valence-electron chi connectivity index (χ4n) is 1.93. The van der Waals surface area contributed by atoms with Gasteiger partial charge in [0.25, 0.3) is 0 Å². The quantitative estimate of drug-likeness (QED) is 0.790. The number of nitrogens with zero attached hydrogens (tertiary/aromatic N) is 3. The topological polar surface area (TPSA) is 67.5 Å². The monoisotopic (exact) mass is 309 g/mol. The minimum atomic E-state index is -1.21. The van der Waals surface area contributed by atoms with Crippen LogP contribution in [0.25, 0.3) is 17.0 Å². The van der Waals surface area contributed by atoms with E-state index in [0.29, 0.717) is 0 Å². The number of halogens is 3. The number of aromatic nitrogens is 3. The van der Waals surface area contributed by atoms with Crippen LogP contribution in [0.4, 0.5) is 8.78 Å². The van der Waals surface area contributed by atoms with E-state index in [4.69, 9.17) is 16.7 Å². The summed E-state index contributed by atoms with van der Waals surface area (Å²) in [4.78, 5) is 11.0. The molecule has 0 saturated carbocycles. The van der Waals surface area contributed by atoms with Gasteiger partial charge in [0.15, 0.2) is 23.1 Å². The van der Waals surface area contributed by atoms with Gasteiger partial charge in [0.1, 0.15) is 0 Å². The summed E-state index contributed by atoms with van der Waals surface area (Å²) < 4.78 is 28.4. The Morgan fingerprint density at radius 3 is 2.76 bits per heavy atom. The molecule has 0 unspecified atom stereocenters. The molecule has 0 atom stereocenters. The lowest BCUT2D eigenvalue weighted by Crippen LogP contribution is -2.01. The van der Waals surface area contributed by atoms with E-state index in [1.165, 1.54) is 28.8 Å². The Hall–Kier alpha value is -2.54. The summed E-state index contributed by atoms with van der Waals surface area (Å²) in [6.45, 7) is 0. The van der Waals surface area contributed by atoms with Gasteiger partial charge in [-0.1, -0.05) is 17.7 Å². The van der Waals surface area contributed by atoms with E-state index in [1.54, 1.807) is 0 Å². The molecule has 3 aromatic rings. The lowest BCUT2D eigenvalue weighted by atomic mass is 10.2. The Bertz CT molecular complexity index is 879. The molecule has 2 aromatic heterocycles. The second-order valence-electron chi connectivity index (χ2n) is 4.20. The number of hydrogen-bond donors (Lipinski definition) is 1. The minimum Gasteiger partial charge on any atom is -0.478 e. The van der Waals surface area contributed by atoms with Crippen molar-refractivity contribution in [1.82, 2.24) is 14.6 Å². The van der Waals surface area contributed by atoms with Crippen molar-refractivity contribution in [3.8, 4) is 11.4 Å². The largest absolute Gasteiger partial charge is 0.478 e. The molecule has 1 N–H and O–H groups in total. The van der Waals surface area contributed by atoms with E-state index in [1.807, 2.05) is 0 Å².